The average Bonchev–Trinajstić information content (AvgIpc) is 2.80. The predicted molar refractivity (Wildman–Crippen MR) is 135 cm³/mol. The van der Waals surface area contributed by atoms with Crippen LogP contribution in [0.5, 0.6) is 11.5 Å². The molecule has 0 N–H and O–H groups in total. The molecule has 0 amide bonds. The molecule has 4 aromatic carbocycles. The van der Waals surface area contributed by atoms with Crippen molar-refractivity contribution in [2.45, 2.75) is 32.7 Å². The molecule has 0 saturated heterocycles. The minimum atomic E-state index is -0.409. The minimum absolute atomic E-state index is 0.409. The molecule has 1 aliphatic heterocycles. The summed E-state index contributed by atoms with van der Waals surface area (Å²) in [5.41, 5.74) is 4.38. The molecule has 0 bridgehead atoms. The molecule has 33 heavy (non-hydrogen) atoms. The van der Waals surface area contributed by atoms with E-state index in [2.05, 4.69) is 90.2 Å². The predicted octanol–water partition coefficient (Wildman–Crippen LogP) is 7.29. The summed E-state index contributed by atoms with van der Waals surface area (Å²) >= 11 is 0. The number of fused-ring (bicyclic) bond motifs is 5. The lowest BCUT2D eigenvalue weighted by molar-refractivity contribution is -0.659. The van der Waals surface area contributed by atoms with Gasteiger partial charge in [-0.25, -0.2) is 11.1 Å². The van der Waals surface area contributed by atoms with E-state index in [9.17, 15) is 0 Å². The Balaban J connectivity index is 1.67. The van der Waals surface area contributed by atoms with Crippen molar-refractivity contribution in [1.29, 1.82) is 0 Å². The first kappa shape index (κ1) is 19.8. The van der Waals surface area contributed by atoms with E-state index in [1.165, 1.54) is 38.5 Å². The number of pyridine rings is 1. The highest BCUT2D eigenvalue weighted by molar-refractivity contribution is 6.13. The van der Waals surface area contributed by atoms with Crippen LogP contribution in [0.4, 0.5) is 0 Å². The number of nitrogens with zero attached hydrogens (tertiary/aromatic N) is 2. The van der Waals surface area contributed by atoms with Crippen LogP contribution in [0.2, 0.25) is 0 Å². The van der Waals surface area contributed by atoms with Gasteiger partial charge in [0.05, 0.1) is 17.4 Å². The molecular formula is C30H25N2O+. The summed E-state index contributed by atoms with van der Waals surface area (Å²) in [6.07, 6.45) is 2.87. The van der Waals surface area contributed by atoms with E-state index in [-0.39, 0.29) is 0 Å². The van der Waals surface area contributed by atoms with Crippen molar-refractivity contribution in [1.82, 2.24) is 0 Å². The van der Waals surface area contributed by atoms with Crippen molar-refractivity contribution in [2.75, 3.05) is 0 Å². The van der Waals surface area contributed by atoms with E-state index in [1.54, 1.807) is 0 Å². The van der Waals surface area contributed by atoms with Crippen molar-refractivity contribution in [3.05, 3.63) is 89.4 Å². The fourth-order valence-electron chi connectivity index (χ4n) is 5.30. The number of hydrogen-bond acceptors (Lipinski definition) is 1. The molecule has 0 unspecified atom stereocenters. The smallest absolute Gasteiger partial charge is 0.231 e. The van der Waals surface area contributed by atoms with Gasteiger partial charge in [-0.1, -0.05) is 42.5 Å². The van der Waals surface area contributed by atoms with Crippen LogP contribution < -0.4 is 9.30 Å². The Morgan fingerprint density at radius 1 is 0.939 bits per heavy atom. The van der Waals surface area contributed by atoms with E-state index >= 15 is 0 Å². The van der Waals surface area contributed by atoms with Crippen LogP contribution >= 0.6 is 0 Å². The highest BCUT2D eigenvalue weighted by Gasteiger charge is 2.31. The molecule has 1 aromatic heterocycles. The second-order valence-electron chi connectivity index (χ2n) is 9.80. The van der Waals surface area contributed by atoms with Gasteiger partial charge in [-0.2, -0.15) is 0 Å². The standard InChI is InChI=1S/C30H25N2O/c1-18-23-9-7-6-8-20(23)16-25-26(18)28-27-21(12-13-32(28)5)15-22-14-19(17-30(2,3)31-4)10-11-24(22)29(27)33-25/h6-16H,17H2,1-3,5H3/q+1. The van der Waals surface area contributed by atoms with E-state index in [4.69, 9.17) is 11.3 Å². The molecule has 2 heterocycles. The fraction of sp³-hybridized carbons (Fsp3) is 0.200. The van der Waals surface area contributed by atoms with Gasteiger partial charge in [0.2, 0.25) is 11.2 Å². The first-order chi connectivity index (χ1) is 15.9. The normalized spacial score (nSPS) is 12.6. The number of aromatic nitrogens is 1. The molecule has 3 nitrogen and oxygen atoms in total. The molecule has 1 aliphatic rings. The Kier molecular flexibility index (Phi) is 4.07. The third-order valence-electron chi connectivity index (χ3n) is 6.92. The first-order valence-corrected chi connectivity index (χ1v) is 11.3. The van der Waals surface area contributed by atoms with Crippen LogP contribution in [0.25, 0.3) is 48.4 Å². The second kappa shape index (κ2) is 6.80. The molecule has 0 aliphatic carbocycles. The molecule has 5 aromatic rings. The maximum absolute atomic E-state index is 7.49. The lowest BCUT2D eigenvalue weighted by Crippen LogP contribution is -2.31. The summed E-state index contributed by atoms with van der Waals surface area (Å²) in [5, 5.41) is 7.04. The largest absolute Gasteiger partial charge is 0.455 e. The van der Waals surface area contributed by atoms with Gasteiger partial charge in [-0.3, -0.25) is 0 Å². The molecular weight excluding hydrogens is 404 g/mol. The number of hydrogen-bond donors (Lipinski definition) is 0. The molecule has 0 fully saturated rings. The number of aryl methyl sites for hydroxylation is 2. The van der Waals surface area contributed by atoms with E-state index < -0.39 is 5.54 Å². The number of benzene rings is 4. The SMILES string of the molecule is [C-]#[N+]C(C)(C)Cc1ccc2c3c4c([n+](C)ccc4cc2c1)-c1c(cc2ccccc2c1C)O3. The summed E-state index contributed by atoms with van der Waals surface area (Å²) in [7, 11) is 2.11. The first-order valence-electron chi connectivity index (χ1n) is 11.3. The van der Waals surface area contributed by atoms with Crippen LogP contribution in [0.1, 0.15) is 25.0 Å². The van der Waals surface area contributed by atoms with Gasteiger partial charge in [0.15, 0.2) is 6.20 Å². The fourth-order valence-corrected chi connectivity index (χ4v) is 5.30. The van der Waals surface area contributed by atoms with Gasteiger partial charge >= 0.3 is 0 Å². The Hall–Kier alpha value is -3.90. The van der Waals surface area contributed by atoms with Crippen molar-refractivity contribution < 1.29 is 9.30 Å². The van der Waals surface area contributed by atoms with Gasteiger partial charge in [0, 0.05) is 25.3 Å². The third-order valence-corrected chi connectivity index (χ3v) is 6.92. The van der Waals surface area contributed by atoms with E-state index in [0.29, 0.717) is 0 Å². The maximum atomic E-state index is 7.49. The van der Waals surface area contributed by atoms with Crippen molar-refractivity contribution in [3.63, 3.8) is 0 Å². The van der Waals surface area contributed by atoms with Crippen LogP contribution in [-0.2, 0) is 13.5 Å². The zero-order valence-corrected chi connectivity index (χ0v) is 19.4. The van der Waals surface area contributed by atoms with Crippen molar-refractivity contribution in [3.8, 4) is 22.8 Å². The molecule has 0 atom stereocenters. The van der Waals surface area contributed by atoms with E-state index in [1.807, 2.05) is 13.8 Å². The second-order valence-corrected chi connectivity index (χ2v) is 9.80. The lowest BCUT2D eigenvalue weighted by Gasteiger charge is -2.23. The van der Waals surface area contributed by atoms with Gasteiger partial charge in [0.1, 0.15) is 18.5 Å². The van der Waals surface area contributed by atoms with Crippen LogP contribution in [-0.4, -0.2) is 5.54 Å². The number of rotatable bonds is 2. The Morgan fingerprint density at radius 3 is 2.58 bits per heavy atom. The van der Waals surface area contributed by atoms with Crippen LogP contribution in [0.3, 0.4) is 0 Å². The van der Waals surface area contributed by atoms with E-state index in [0.717, 1.165) is 34.1 Å². The Bertz CT molecular complexity index is 1670. The zero-order valence-electron chi connectivity index (χ0n) is 19.4. The summed E-state index contributed by atoms with van der Waals surface area (Å²) in [5.74, 6) is 1.83. The Labute approximate surface area is 193 Å². The summed E-state index contributed by atoms with van der Waals surface area (Å²) < 4.78 is 8.92. The minimum Gasteiger partial charge on any atom is -0.455 e. The van der Waals surface area contributed by atoms with Gasteiger partial charge in [-0.15, -0.1) is 0 Å². The monoisotopic (exact) mass is 429 g/mol. The zero-order chi connectivity index (χ0) is 22.9. The number of ether oxygens (including phenoxy) is 1. The molecule has 0 spiro atoms. The summed E-state index contributed by atoms with van der Waals surface area (Å²) in [6, 6.07) is 21.6. The highest BCUT2D eigenvalue weighted by Crippen LogP contribution is 2.50. The maximum Gasteiger partial charge on any atom is 0.231 e. The quantitative estimate of drug-likeness (QED) is 0.160. The Morgan fingerprint density at radius 2 is 1.76 bits per heavy atom. The van der Waals surface area contributed by atoms with Gasteiger partial charge in [-0.05, 0) is 51.7 Å². The van der Waals surface area contributed by atoms with Gasteiger partial charge < -0.3 is 9.58 Å². The summed E-state index contributed by atoms with van der Waals surface area (Å²) in [6.45, 7) is 13.7. The van der Waals surface area contributed by atoms with Crippen LogP contribution in [0, 0.1) is 13.5 Å². The molecule has 3 heteroatoms. The van der Waals surface area contributed by atoms with Crippen LogP contribution in [0.15, 0.2) is 66.9 Å². The van der Waals surface area contributed by atoms with Crippen molar-refractivity contribution in [2.24, 2.45) is 7.05 Å². The van der Waals surface area contributed by atoms with Crippen molar-refractivity contribution >= 4 is 32.3 Å². The summed E-state index contributed by atoms with van der Waals surface area (Å²) in [4.78, 5) is 3.79. The molecule has 0 radical (unpaired) electrons. The average molecular weight is 430 g/mol. The molecule has 0 saturated carbocycles. The molecule has 6 rings (SSSR count). The topological polar surface area (TPSA) is 17.5 Å². The lowest BCUT2D eigenvalue weighted by atomic mass is 9.89. The van der Waals surface area contributed by atoms with Gasteiger partial charge in [0.25, 0.3) is 0 Å². The third kappa shape index (κ3) is 2.91. The highest BCUT2D eigenvalue weighted by atomic mass is 16.5. The molecule has 160 valence electrons.